The zero-order chi connectivity index (χ0) is 21.8. The average Bonchev–Trinajstić information content (AvgIpc) is 2.65. The van der Waals surface area contributed by atoms with Gasteiger partial charge in [-0.1, -0.05) is 24.3 Å². The van der Waals surface area contributed by atoms with Crippen molar-refractivity contribution < 1.29 is 35.5 Å². The van der Waals surface area contributed by atoms with Crippen molar-refractivity contribution in [2.24, 2.45) is 0 Å². The van der Waals surface area contributed by atoms with Gasteiger partial charge in [0.1, 0.15) is 12.7 Å². The number of amides is 2. The summed E-state index contributed by atoms with van der Waals surface area (Å²) in [5.41, 5.74) is -1.45. The summed E-state index contributed by atoms with van der Waals surface area (Å²) < 4.78 is 90.8. The molecule has 11 heteroatoms. The number of rotatable bonds is 5. The zero-order valence-electron chi connectivity index (χ0n) is 14.9. The number of nitrogens with zero attached hydrogens (tertiary/aromatic N) is 1. The molecule has 4 nitrogen and oxygen atoms in total. The number of carbonyl (C=O) groups is 1. The SMILES string of the molecule is C[C@H](NC(=O)N[C@@H](c1ccc(CF)cc1)c1ncccc1C(F)(F)F)C(F)(F)F. The van der Waals surface area contributed by atoms with Gasteiger partial charge in [0.05, 0.1) is 17.3 Å². The van der Waals surface area contributed by atoms with Crippen molar-refractivity contribution in [2.75, 3.05) is 0 Å². The second-order valence-electron chi connectivity index (χ2n) is 6.12. The van der Waals surface area contributed by atoms with Crippen molar-refractivity contribution in [1.29, 1.82) is 0 Å². The maximum Gasteiger partial charge on any atom is 0.418 e. The van der Waals surface area contributed by atoms with Gasteiger partial charge in [0.2, 0.25) is 0 Å². The van der Waals surface area contributed by atoms with E-state index in [1.54, 1.807) is 5.32 Å². The highest BCUT2D eigenvalue weighted by Crippen LogP contribution is 2.35. The highest BCUT2D eigenvalue weighted by Gasteiger charge is 2.39. The summed E-state index contributed by atoms with van der Waals surface area (Å²) in [6.45, 7) is -0.133. The Morgan fingerprint density at radius 2 is 1.66 bits per heavy atom. The van der Waals surface area contributed by atoms with E-state index in [9.17, 15) is 35.5 Å². The summed E-state index contributed by atoms with van der Waals surface area (Å²) >= 11 is 0. The molecule has 0 fully saturated rings. The van der Waals surface area contributed by atoms with Gasteiger partial charge in [-0.2, -0.15) is 26.3 Å². The molecule has 0 spiro atoms. The molecule has 2 amide bonds. The van der Waals surface area contributed by atoms with Crippen molar-refractivity contribution in [3.05, 3.63) is 65.0 Å². The Morgan fingerprint density at radius 1 is 1.03 bits per heavy atom. The molecule has 29 heavy (non-hydrogen) atoms. The van der Waals surface area contributed by atoms with Gasteiger partial charge in [-0.25, -0.2) is 9.18 Å². The fraction of sp³-hybridized carbons (Fsp3) is 0.333. The Morgan fingerprint density at radius 3 is 2.17 bits per heavy atom. The van der Waals surface area contributed by atoms with Crippen molar-refractivity contribution in [2.45, 2.75) is 38.0 Å². The van der Waals surface area contributed by atoms with E-state index in [4.69, 9.17) is 0 Å². The molecule has 2 aromatic rings. The maximum atomic E-state index is 13.4. The average molecular weight is 423 g/mol. The second kappa shape index (κ2) is 8.66. The first kappa shape index (κ1) is 22.4. The van der Waals surface area contributed by atoms with Gasteiger partial charge < -0.3 is 10.6 Å². The summed E-state index contributed by atoms with van der Waals surface area (Å²) in [6.07, 6.45) is -8.50. The number of urea groups is 1. The van der Waals surface area contributed by atoms with E-state index < -0.39 is 48.4 Å². The Balaban J connectivity index is 2.43. The van der Waals surface area contributed by atoms with E-state index in [2.05, 4.69) is 10.3 Å². The lowest BCUT2D eigenvalue weighted by Crippen LogP contribution is -2.48. The third-order valence-corrected chi connectivity index (χ3v) is 4.00. The largest absolute Gasteiger partial charge is 0.418 e. The number of aromatic nitrogens is 1. The normalized spacial score (nSPS) is 14.2. The van der Waals surface area contributed by atoms with Gasteiger partial charge in [-0.05, 0) is 30.2 Å². The predicted octanol–water partition coefficient (Wildman–Crippen LogP) is 4.91. The summed E-state index contributed by atoms with van der Waals surface area (Å²) in [5, 5.41) is 3.72. The van der Waals surface area contributed by atoms with Crippen LogP contribution in [0, 0.1) is 0 Å². The van der Waals surface area contributed by atoms with Crippen LogP contribution >= 0.6 is 0 Å². The fourth-order valence-corrected chi connectivity index (χ4v) is 2.45. The number of benzene rings is 1. The van der Waals surface area contributed by atoms with Crippen LogP contribution in [0.3, 0.4) is 0 Å². The number of hydrogen-bond donors (Lipinski definition) is 2. The lowest BCUT2D eigenvalue weighted by molar-refractivity contribution is -0.148. The molecule has 1 aromatic carbocycles. The van der Waals surface area contributed by atoms with Crippen LogP contribution < -0.4 is 10.6 Å². The maximum absolute atomic E-state index is 13.4. The molecule has 2 atom stereocenters. The fourth-order valence-electron chi connectivity index (χ4n) is 2.45. The summed E-state index contributed by atoms with van der Waals surface area (Å²) in [6, 6.07) is 1.79. The molecule has 2 rings (SSSR count). The number of nitrogens with one attached hydrogen (secondary N) is 2. The molecule has 0 saturated heterocycles. The minimum Gasteiger partial charge on any atom is -0.327 e. The zero-order valence-corrected chi connectivity index (χ0v) is 14.9. The third-order valence-electron chi connectivity index (χ3n) is 4.00. The van der Waals surface area contributed by atoms with E-state index in [0.717, 1.165) is 18.3 Å². The highest BCUT2D eigenvalue weighted by molar-refractivity contribution is 5.75. The van der Waals surface area contributed by atoms with Crippen LogP contribution in [0.15, 0.2) is 42.6 Å². The molecule has 0 aliphatic heterocycles. The van der Waals surface area contributed by atoms with Gasteiger partial charge >= 0.3 is 18.4 Å². The lowest BCUT2D eigenvalue weighted by atomic mass is 9.98. The van der Waals surface area contributed by atoms with Gasteiger partial charge in [0.25, 0.3) is 0 Å². The Bertz CT molecular complexity index is 835. The predicted molar refractivity (Wildman–Crippen MR) is 89.5 cm³/mol. The van der Waals surface area contributed by atoms with E-state index >= 15 is 0 Å². The molecule has 0 unspecified atom stereocenters. The molecule has 1 aromatic heterocycles. The Kier molecular flexibility index (Phi) is 6.70. The first-order valence-electron chi connectivity index (χ1n) is 8.24. The second-order valence-corrected chi connectivity index (χ2v) is 6.12. The number of pyridine rings is 1. The van der Waals surface area contributed by atoms with Gasteiger partial charge in [-0.3, -0.25) is 4.98 Å². The first-order valence-corrected chi connectivity index (χ1v) is 8.24. The molecule has 0 bridgehead atoms. The van der Waals surface area contributed by atoms with E-state index in [1.165, 1.54) is 24.3 Å². The summed E-state index contributed by atoms with van der Waals surface area (Å²) in [7, 11) is 0. The van der Waals surface area contributed by atoms with E-state index in [1.807, 2.05) is 0 Å². The molecule has 1 heterocycles. The molecule has 158 valence electrons. The van der Waals surface area contributed by atoms with Crippen LogP contribution in [0.4, 0.5) is 35.5 Å². The van der Waals surface area contributed by atoms with Crippen LogP contribution in [0.1, 0.15) is 35.3 Å². The van der Waals surface area contributed by atoms with Crippen molar-refractivity contribution in [3.63, 3.8) is 0 Å². The molecular formula is C18H16F7N3O. The first-order chi connectivity index (χ1) is 13.4. The van der Waals surface area contributed by atoms with Gasteiger partial charge in [0, 0.05) is 6.20 Å². The van der Waals surface area contributed by atoms with Crippen molar-refractivity contribution in [3.8, 4) is 0 Å². The van der Waals surface area contributed by atoms with Crippen molar-refractivity contribution in [1.82, 2.24) is 15.6 Å². The third kappa shape index (κ3) is 5.81. The minimum absolute atomic E-state index is 0.0845. The molecular weight excluding hydrogens is 407 g/mol. The standard InChI is InChI=1S/C18H16F7N3O/c1-10(17(20,21)22)27-16(29)28-14(12-6-4-11(9-19)5-7-12)15-13(18(23,24)25)3-2-8-26-15/h2-8,10,14H,9H2,1H3,(H2,27,28,29)/t10-,14-/m0/s1. The topological polar surface area (TPSA) is 54.0 Å². The number of alkyl halides is 7. The molecule has 0 aliphatic rings. The number of hydrogen-bond acceptors (Lipinski definition) is 2. The van der Waals surface area contributed by atoms with Crippen LogP contribution in [0.5, 0.6) is 0 Å². The molecule has 2 N–H and O–H groups in total. The van der Waals surface area contributed by atoms with Crippen LogP contribution in [-0.4, -0.2) is 23.2 Å². The summed E-state index contributed by atoms with van der Waals surface area (Å²) in [4.78, 5) is 15.7. The minimum atomic E-state index is -4.82. The monoisotopic (exact) mass is 423 g/mol. The van der Waals surface area contributed by atoms with E-state index in [-0.39, 0.29) is 11.1 Å². The van der Waals surface area contributed by atoms with Gasteiger partial charge in [-0.15, -0.1) is 0 Å². The highest BCUT2D eigenvalue weighted by atomic mass is 19.4. The molecule has 0 saturated carbocycles. The van der Waals surface area contributed by atoms with Crippen molar-refractivity contribution >= 4 is 6.03 Å². The molecule has 0 radical (unpaired) electrons. The summed E-state index contributed by atoms with van der Waals surface area (Å²) in [5.74, 6) is 0. The quantitative estimate of drug-likeness (QED) is 0.672. The van der Waals surface area contributed by atoms with Crippen LogP contribution in [-0.2, 0) is 12.9 Å². The van der Waals surface area contributed by atoms with Gasteiger partial charge in [0.15, 0.2) is 0 Å². The molecule has 0 aliphatic carbocycles. The number of carbonyl (C=O) groups excluding carboxylic acids is 1. The lowest BCUT2D eigenvalue weighted by Gasteiger charge is -2.24. The number of halogens is 7. The van der Waals surface area contributed by atoms with Crippen LogP contribution in [0.2, 0.25) is 0 Å². The smallest absolute Gasteiger partial charge is 0.327 e. The van der Waals surface area contributed by atoms with Crippen LogP contribution in [0.25, 0.3) is 0 Å². The Hall–Kier alpha value is -2.85. The Labute approximate surface area is 161 Å². The van der Waals surface area contributed by atoms with E-state index in [0.29, 0.717) is 6.92 Å².